The molecule has 0 unspecified atom stereocenters. The van der Waals surface area contributed by atoms with Crippen LogP contribution in [-0.2, 0) is 5.41 Å². The fraction of sp³-hybridized carbons (Fsp3) is 0.0638. The summed E-state index contributed by atoms with van der Waals surface area (Å²) in [7, 11) is 0. The zero-order valence-corrected chi connectivity index (χ0v) is 27.7. The van der Waals surface area contributed by atoms with Gasteiger partial charge in [-0.05, 0) is 86.9 Å². The summed E-state index contributed by atoms with van der Waals surface area (Å²) in [4.78, 5) is 4.94. The van der Waals surface area contributed by atoms with E-state index >= 15 is 0 Å². The zero-order valence-electron chi connectivity index (χ0n) is 27.7. The summed E-state index contributed by atoms with van der Waals surface area (Å²) in [6.07, 6.45) is 0. The average molecular weight is 629 g/mol. The topological polar surface area (TPSA) is 6.48 Å². The van der Waals surface area contributed by atoms with Crippen molar-refractivity contribution in [2.45, 2.75) is 19.3 Å². The number of fused-ring (bicyclic) bond motifs is 4. The molecule has 234 valence electrons. The zero-order chi connectivity index (χ0) is 33.0. The Morgan fingerprint density at radius 1 is 0.429 bits per heavy atom. The fourth-order valence-corrected chi connectivity index (χ4v) is 7.75. The average Bonchev–Trinajstić information content (AvgIpc) is 3.16. The van der Waals surface area contributed by atoms with E-state index in [9.17, 15) is 0 Å². The van der Waals surface area contributed by atoms with Crippen molar-refractivity contribution in [2.24, 2.45) is 0 Å². The molecule has 0 atom stereocenters. The molecule has 0 saturated carbocycles. The minimum atomic E-state index is -0.201. The summed E-state index contributed by atoms with van der Waals surface area (Å²) < 4.78 is 0. The van der Waals surface area contributed by atoms with Crippen LogP contribution < -0.4 is 9.80 Å². The molecule has 0 bridgehead atoms. The summed E-state index contributed by atoms with van der Waals surface area (Å²) in [6, 6.07) is 66.3. The van der Waals surface area contributed by atoms with E-state index in [1.165, 1.54) is 55.2 Å². The molecular formula is C47H36N2. The highest BCUT2D eigenvalue weighted by molar-refractivity contribution is 6.08. The van der Waals surface area contributed by atoms with E-state index in [-0.39, 0.29) is 5.41 Å². The Labute approximate surface area is 288 Å². The van der Waals surface area contributed by atoms with E-state index in [0.29, 0.717) is 0 Å². The molecule has 2 heteroatoms. The van der Waals surface area contributed by atoms with Gasteiger partial charge in [0, 0.05) is 22.2 Å². The largest absolute Gasteiger partial charge is 0.308 e. The van der Waals surface area contributed by atoms with Crippen molar-refractivity contribution >= 4 is 55.7 Å². The molecule has 1 heterocycles. The first-order valence-corrected chi connectivity index (χ1v) is 17.0. The van der Waals surface area contributed by atoms with Gasteiger partial charge in [0.2, 0.25) is 0 Å². The van der Waals surface area contributed by atoms with Crippen molar-refractivity contribution in [1.82, 2.24) is 0 Å². The molecular weight excluding hydrogens is 593 g/mol. The van der Waals surface area contributed by atoms with E-state index in [2.05, 4.69) is 206 Å². The molecule has 8 aromatic carbocycles. The van der Waals surface area contributed by atoms with Gasteiger partial charge in [-0.3, -0.25) is 0 Å². The highest BCUT2D eigenvalue weighted by atomic mass is 15.2. The Balaban J connectivity index is 1.37. The van der Waals surface area contributed by atoms with Crippen LogP contribution in [0.1, 0.15) is 25.0 Å². The summed E-state index contributed by atoms with van der Waals surface area (Å²) in [5, 5.41) is 4.91. The second kappa shape index (κ2) is 11.5. The molecule has 9 rings (SSSR count). The third-order valence-electron chi connectivity index (χ3n) is 10.2. The Kier molecular flexibility index (Phi) is 6.84. The van der Waals surface area contributed by atoms with E-state index in [4.69, 9.17) is 0 Å². The maximum atomic E-state index is 2.54. The molecule has 0 amide bonds. The number of hydrogen-bond donors (Lipinski definition) is 0. The van der Waals surface area contributed by atoms with Crippen molar-refractivity contribution in [3.63, 3.8) is 0 Å². The Morgan fingerprint density at radius 3 is 1.73 bits per heavy atom. The van der Waals surface area contributed by atoms with Gasteiger partial charge in [0.1, 0.15) is 0 Å². The SMILES string of the molecule is CC1(C)c2ccccc2N(c2c(N(c3ccccc3)c3ccccc3)ccc3ccccc23)c2cc(-c3ccc4ccccc4c3)ccc21. The van der Waals surface area contributed by atoms with Crippen molar-refractivity contribution in [3.05, 3.63) is 193 Å². The number of anilines is 6. The highest BCUT2D eigenvalue weighted by Crippen LogP contribution is 2.56. The van der Waals surface area contributed by atoms with Crippen LogP contribution in [0.2, 0.25) is 0 Å². The molecule has 1 aliphatic heterocycles. The minimum Gasteiger partial charge on any atom is -0.308 e. The van der Waals surface area contributed by atoms with Gasteiger partial charge >= 0.3 is 0 Å². The lowest BCUT2D eigenvalue weighted by Gasteiger charge is -2.44. The molecule has 2 nitrogen and oxygen atoms in total. The molecule has 0 fully saturated rings. The third-order valence-corrected chi connectivity index (χ3v) is 10.2. The third kappa shape index (κ3) is 4.79. The second-order valence-electron chi connectivity index (χ2n) is 13.4. The van der Waals surface area contributed by atoms with Crippen LogP contribution in [0.5, 0.6) is 0 Å². The standard InChI is InChI=1S/C47H36N2/c1-47(2)41-23-13-14-24-43(41)49(45-32-37(27-29-42(45)47)36-26-25-33-15-9-10-17-35(33)31-36)46-40-22-12-11-16-34(40)28-30-44(46)48(38-18-5-3-6-19-38)39-20-7-4-8-21-39/h3-32H,1-2H3. The van der Waals surface area contributed by atoms with Gasteiger partial charge in [-0.2, -0.15) is 0 Å². The van der Waals surface area contributed by atoms with E-state index < -0.39 is 0 Å². The van der Waals surface area contributed by atoms with Crippen LogP contribution >= 0.6 is 0 Å². The van der Waals surface area contributed by atoms with Crippen LogP contribution in [-0.4, -0.2) is 0 Å². The van der Waals surface area contributed by atoms with Crippen LogP contribution in [0, 0.1) is 0 Å². The van der Waals surface area contributed by atoms with Crippen LogP contribution in [0.3, 0.4) is 0 Å². The van der Waals surface area contributed by atoms with Crippen molar-refractivity contribution < 1.29 is 0 Å². The molecule has 1 aliphatic rings. The molecule has 0 aliphatic carbocycles. The monoisotopic (exact) mass is 628 g/mol. The Hall–Kier alpha value is -6.12. The van der Waals surface area contributed by atoms with Crippen molar-refractivity contribution in [1.29, 1.82) is 0 Å². The summed E-state index contributed by atoms with van der Waals surface area (Å²) >= 11 is 0. The molecule has 0 spiro atoms. The normalized spacial score (nSPS) is 13.2. The molecule has 49 heavy (non-hydrogen) atoms. The summed E-state index contributed by atoms with van der Waals surface area (Å²) in [5.74, 6) is 0. The lowest BCUT2D eigenvalue weighted by molar-refractivity contribution is 0.632. The van der Waals surface area contributed by atoms with E-state index in [1.54, 1.807) is 0 Å². The molecule has 0 saturated heterocycles. The van der Waals surface area contributed by atoms with Crippen LogP contribution in [0.4, 0.5) is 34.1 Å². The first-order chi connectivity index (χ1) is 24.1. The number of hydrogen-bond acceptors (Lipinski definition) is 2. The number of benzene rings is 8. The number of nitrogens with zero attached hydrogens (tertiary/aromatic N) is 2. The van der Waals surface area contributed by atoms with Gasteiger partial charge in [0.25, 0.3) is 0 Å². The smallest absolute Gasteiger partial charge is 0.0781 e. The second-order valence-corrected chi connectivity index (χ2v) is 13.4. The fourth-order valence-electron chi connectivity index (χ4n) is 7.75. The maximum Gasteiger partial charge on any atom is 0.0781 e. The van der Waals surface area contributed by atoms with Gasteiger partial charge in [-0.25, -0.2) is 0 Å². The maximum absolute atomic E-state index is 2.54. The highest BCUT2D eigenvalue weighted by Gasteiger charge is 2.38. The molecule has 0 N–H and O–H groups in total. The summed E-state index contributed by atoms with van der Waals surface area (Å²) in [5.41, 5.74) is 11.7. The first-order valence-electron chi connectivity index (χ1n) is 17.0. The quantitative estimate of drug-likeness (QED) is 0.187. The van der Waals surface area contributed by atoms with Crippen molar-refractivity contribution in [2.75, 3.05) is 9.80 Å². The Bertz CT molecular complexity index is 2440. The lowest BCUT2D eigenvalue weighted by Crippen LogP contribution is -2.31. The Morgan fingerprint density at radius 2 is 0.980 bits per heavy atom. The lowest BCUT2D eigenvalue weighted by atomic mass is 9.73. The number of para-hydroxylation sites is 3. The van der Waals surface area contributed by atoms with Gasteiger partial charge in [0.05, 0.1) is 22.7 Å². The molecule has 0 radical (unpaired) electrons. The van der Waals surface area contributed by atoms with Gasteiger partial charge in [-0.1, -0.05) is 147 Å². The van der Waals surface area contributed by atoms with E-state index in [0.717, 1.165) is 22.7 Å². The molecule has 0 aromatic heterocycles. The van der Waals surface area contributed by atoms with E-state index in [1.807, 2.05) is 0 Å². The minimum absolute atomic E-state index is 0.201. The van der Waals surface area contributed by atoms with Gasteiger partial charge < -0.3 is 9.80 Å². The molecule has 8 aromatic rings. The summed E-state index contributed by atoms with van der Waals surface area (Å²) in [6.45, 7) is 4.73. The van der Waals surface area contributed by atoms with Crippen LogP contribution in [0.15, 0.2) is 182 Å². The van der Waals surface area contributed by atoms with Crippen molar-refractivity contribution in [3.8, 4) is 11.1 Å². The van der Waals surface area contributed by atoms with Gasteiger partial charge in [-0.15, -0.1) is 0 Å². The predicted octanol–water partition coefficient (Wildman–Crippen LogP) is 13.2. The number of rotatable bonds is 5. The van der Waals surface area contributed by atoms with Gasteiger partial charge in [0.15, 0.2) is 0 Å². The predicted molar refractivity (Wildman–Crippen MR) is 208 cm³/mol. The first kappa shape index (κ1) is 29.1. The van der Waals surface area contributed by atoms with Crippen LogP contribution in [0.25, 0.3) is 32.7 Å².